The number of carbonyl (C=O) groups is 1. The minimum Gasteiger partial charge on any atom is -0.494 e. The summed E-state index contributed by atoms with van der Waals surface area (Å²) in [5.41, 5.74) is 0.631. The third-order valence-electron chi connectivity index (χ3n) is 2.70. The molecule has 0 N–H and O–H groups in total. The van der Waals surface area contributed by atoms with E-state index in [-0.39, 0.29) is 5.97 Å². The van der Waals surface area contributed by atoms with Gasteiger partial charge in [0.15, 0.2) is 0 Å². The Hall–Kier alpha value is -2.28. The van der Waals surface area contributed by atoms with Crippen LogP contribution >= 0.6 is 0 Å². The summed E-state index contributed by atoms with van der Waals surface area (Å²) in [7, 11) is 0. The molecule has 0 radical (unpaired) electrons. The van der Waals surface area contributed by atoms with Gasteiger partial charge < -0.3 is 9.47 Å². The molecule has 1 aromatic carbocycles. The van der Waals surface area contributed by atoms with Gasteiger partial charge >= 0.3 is 5.97 Å². The van der Waals surface area contributed by atoms with Gasteiger partial charge in [0.25, 0.3) is 0 Å². The second-order valence-corrected chi connectivity index (χ2v) is 4.27. The number of unbranched alkanes of at least 4 members (excludes halogenated alkanes) is 3. The molecular weight excluding hydrogens is 254 g/mol. The van der Waals surface area contributed by atoms with Crippen LogP contribution in [0.5, 0.6) is 5.75 Å². The molecule has 0 aromatic heterocycles. The van der Waals surface area contributed by atoms with Gasteiger partial charge in [-0.05, 0) is 49.9 Å². The molecule has 0 saturated heterocycles. The maximum absolute atomic E-state index is 10.8. The first-order chi connectivity index (χ1) is 9.76. The molecule has 0 fully saturated rings. The number of rotatable bonds is 9. The maximum atomic E-state index is 10.8. The molecule has 4 nitrogen and oxygen atoms in total. The van der Waals surface area contributed by atoms with E-state index in [1.807, 2.05) is 0 Å². The molecule has 0 bridgehead atoms. The van der Waals surface area contributed by atoms with Crippen molar-refractivity contribution in [3.63, 3.8) is 0 Å². The van der Waals surface area contributed by atoms with Gasteiger partial charge in [-0.15, -0.1) is 0 Å². The molecule has 4 heteroatoms. The summed E-state index contributed by atoms with van der Waals surface area (Å²) in [5, 5.41) is 8.67. The zero-order chi connectivity index (χ0) is 14.6. The normalized spacial score (nSPS) is 9.55. The second kappa shape index (κ2) is 9.62. The van der Waals surface area contributed by atoms with Crippen molar-refractivity contribution < 1.29 is 14.3 Å². The van der Waals surface area contributed by atoms with Gasteiger partial charge in [0, 0.05) is 6.08 Å². The van der Waals surface area contributed by atoms with Crippen LogP contribution in [0, 0.1) is 11.3 Å². The lowest BCUT2D eigenvalue weighted by molar-refractivity contribution is -0.137. The summed E-state index contributed by atoms with van der Waals surface area (Å²) in [6, 6.07) is 9.14. The average Bonchev–Trinajstić information content (AvgIpc) is 2.50. The monoisotopic (exact) mass is 273 g/mol. The van der Waals surface area contributed by atoms with Gasteiger partial charge in [-0.1, -0.05) is 6.58 Å². The van der Waals surface area contributed by atoms with Crippen LogP contribution in [0.1, 0.15) is 31.2 Å². The van der Waals surface area contributed by atoms with Gasteiger partial charge in [-0.25, -0.2) is 4.79 Å². The van der Waals surface area contributed by atoms with Crippen molar-refractivity contribution in [3.8, 4) is 11.8 Å². The molecule has 0 atom stereocenters. The Balaban J connectivity index is 2.00. The van der Waals surface area contributed by atoms with Crippen LogP contribution in [-0.2, 0) is 9.53 Å². The van der Waals surface area contributed by atoms with Crippen molar-refractivity contribution in [2.45, 2.75) is 25.7 Å². The molecule has 1 rings (SSSR count). The van der Waals surface area contributed by atoms with Gasteiger partial charge in [-0.3, -0.25) is 0 Å². The molecular formula is C16H19NO3. The molecule has 0 amide bonds. The number of benzene rings is 1. The summed E-state index contributed by atoms with van der Waals surface area (Å²) in [5.74, 6) is 0.415. The van der Waals surface area contributed by atoms with E-state index < -0.39 is 0 Å². The third kappa shape index (κ3) is 6.60. The fourth-order valence-corrected chi connectivity index (χ4v) is 1.61. The molecule has 0 saturated carbocycles. The molecule has 1 aromatic rings. The first kappa shape index (κ1) is 15.8. The maximum Gasteiger partial charge on any atom is 0.330 e. The van der Waals surface area contributed by atoms with Crippen molar-refractivity contribution in [1.29, 1.82) is 5.26 Å². The number of nitriles is 1. The molecule has 0 unspecified atom stereocenters. The topological polar surface area (TPSA) is 59.3 Å². The van der Waals surface area contributed by atoms with Crippen molar-refractivity contribution in [2.75, 3.05) is 13.2 Å². The van der Waals surface area contributed by atoms with Gasteiger partial charge in [0.1, 0.15) is 5.75 Å². The highest BCUT2D eigenvalue weighted by molar-refractivity contribution is 5.81. The minimum absolute atomic E-state index is 0.367. The van der Waals surface area contributed by atoms with E-state index in [4.69, 9.17) is 14.7 Å². The van der Waals surface area contributed by atoms with Crippen LogP contribution in [0.25, 0.3) is 0 Å². The quantitative estimate of drug-likeness (QED) is 0.394. The van der Waals surface area contributed by atoms with E-state index in [1.54, 1.807) is 24.3 Å². The van der Waals surface area contributed by atoms with Crippen LogP contribution in [0.15, 0.2) is 36.9 Å². The van der Waals surface area contributed by atoms with Gasteiger partial charge in [-0.2, -0.15) is 5.26 Å². The van der Waals surface area contributed by atoms with Crippen molar-refractivity contribution in [2.24, 2.45) is 0 Å². The lowest BCUT2D eigenvalue weighted by Crippen LogP contribution is -2.02. The van der Waals surface area contributed by atoms with Crippen LogP contribution < -0.4 is 4.74 Å². The Morgan fingerprint density at radius 1 is 1.15 bits per heavy atom. The van der Waals surface area contributed by atoms with E-state index in [1.165, 1.54) is 6.08 Å². The van der Waals surface area contributed by atoms with E-state index in [9.17, 15) is 4.79 Å². The predicted molar refractivity (Wildman–Crippen MR) is 76.3 cm³/mol. The van der Waals surface area contributed by atoms with Crippen molar-refractivity contribution >= 4 is 5.97 Å². The highest BCUT2D eigenvalue weighted by Gasteiger charge is 1.97. The average molecular weight is 273 g/mol. The Labute approximate surface area is 119 Å². The second-order valence-electron chi connectivity index (χ2n) is 4.27. The molecule has 0 heterocycles. The first-order valence-corrected chi connectivity index (χ1v) is 6.68. The number of ether oxygens (including phenoxy) is 2. The lowest BCUT2D eigenvalue weighted by Gasteiger charge is -2.06. The lowest BCUT2D eigenvalue weighted by atomic mass is 10.2. The predicted octanol–water partition coefficient (Wildman–Crippen LogP) is 3.23. The molecule has 0 aliphatic carbocycles. The van der Waals surface area contributed by atoms with Crippen molar-refractivity contribution in [1.82, 2.24) is 0 Å². The summed E-state index contributed by atoms with van der Waals surface area (Å²) in [6.45, 7) is 4.43. The molecule has 106 valence electrons. The highest BCUT2D eigenvalue weighted by Crippen LogP contribution is 2.12. The van der Waals surface area contributed by atoms with E-state index in [2.05, 4.69) is 12.6 Å². The Kier molecular flexibility index (Phi) is 7.59. The zero-order valence-corrected chi connectivity index (χ0v) is 11.5. The standard InChI is InChI=1S/C16H19NO3/c1-2-16(18)20-12-6-4-3-5-11-19-15-9-7-14(13-17)8-10-15/h2,7-10H,1,3-6,11-12H2. The summed E-state index contributed by atoms with van der Waals surface area (Å²) in [6.07, 6.45) is 5.01. The van der Waals surface area contributed by atoms with Crippen molar-refractivity contribution in [3.05, 3.63) is 42.5 Å². The molecule has 0 aliphatic rings. The van der Waals surface area contributed by atoms with Crippen LogP contribution in [-0.4, -0.2) is 19.2 Å². The van der Waals surface area contributed by atoms with E-state index >= 15 is 0 Å². The van der Waals surface area contributed by atoms with Gasteiger partial charge in [0.05, 0.1) is 24.8 Å². The first-order valence-electron chi connectivity index (χ1n) is 6.68. The number of hydrogen-bond donors (Lipinski definition) is 0. The SMILES string of the molecule is C=CC(=O)OCCCCCCOc1ccc(C#N)cc1. The van der Waals surface area contributed by atoms with Crippen LogP contribution in [0.3, 0.4) is 0 Å². The minimum atomic E-state index is -0.367. The van der Waals surface area contributed by atoms with Gasteiger partial charge in [0.2, 0.25) is 0 Å². The Morgan fingerprint density at radius 3 is 2.40 bits per heavy atom. The number of nitrogens with zero attached hydrogens (tertiary/aromatic N) is 1. The number of carbonyl (C=O) groups excluding carboxylic acids is 1. The number of hydrogen-bond acceptors (Lipinski definition) is 4. The molecule has 0 spiro atoms. The third-order valence-corrected chi connectivity index (χ3v) is 2.70. The highest BCUT2D eigenvalue weighted by atomic mass is 16.5. The van der Waals surface area contributed by atoms with Crippen LogP contribution in [0.4, 0.5) is 0 Å². The largest absolute Gasteiger partial charge is 0.494 e. The summed E-state index contributed by atoms with van der Waals surface area (Å²) < 4.78 is 10.4. The Bertz CT molecular complexity index is 460. The smallest absolute Gasteiger partial charge is 0.330 e. The number of esters is 1. The van der Waals surface area contributed by atoms with E-state index in [0.29, 0.717) is 18.8 Å². The van der Waals surface area contributed by atoms with E-state index in [0.717, 1.165) is 31.4 Å². The molecule has 0 aliphatic heterocycles. The Morgan fingerprint density at radius 2 is 1.80 bits per heavy atom. The summed E-state index contributed by atoms with van der Waals surface area (Å²) >= 11 is 0. The summed E-state index contributed by atoms with van der Waals surface area (Å²) in [4.78, 5) is 10.8. The fourth-order valence-electron chi connectivity index (χ4n) is 1.61. The fraction of sp³-hybridized carbons (Fsp3) is 0.375. The zero-order valence-electron chi connectivity index (χ0n) is 11.5. The molecule has 20 heavy (non-hydrogen) atoms. The van der Waals surface area contributed by atoms with Crippen LogP contribution in [0.2, 0.25) is 0 Å².